The first-order chi connectivity index (χ1) is 13.9. The Morgan fingerprint density at radius 1 is 0.867 bits per heavy atom. The van der Waals surface area contributed by atoms with Crippen LogP contribution in [0.1, 0.15) is 26.3 Å². The Labute approximate surface area is 239 Å². The van der Waals surface area contributed by atoms with Gasteiger partial charge in [0.15, 0.2) is 0 Å². The summed E-state index contributed by atoms with van der Waals surface area (Å²) in [6, 6.07) is 28.0. The molecular formula is C25H25CsNO2P. The normalized spacial score (nSPS) is 12.5. The molecule has 0 aromatic heterocycles. The Kier molecular flexibility index (Phi) is 10.0. The second kappa shape index (κ2) is 11.8. The summed E-state index contributed by atoms with van der Waals surface area (Å²) in [5.41, 5.74) is 0.412. The Balaban J connectivity index is 0.00000320. The number of hydrogen-bond donors (Lipinski definition) is 0. The second-order valence-corrected chi connectivity index (χ2v) is 10.1. The molecule has 0 saturated heterocycles. The maximum atomic E-state index is 11.6. The van der Waals surface area contributed by atoms with Crippen LogP contribution in [0.15, 0.2) is 89.9 Å². The van der Waals surface area contributed by atoms with E-state index in [4.69, 9.17) is 0 Å². The topological polar surface area (TPSA) is 52.5 Å². The Morgan fingerprint density at radius 3 is 1.80 bits per heavy atom. The first-order valence-electron chi connectivity index (χ1n) is 9.61. The van der Waals surface area contributed by atoms with E-state index in [2.05, 4.69) is 59.6 Å². The summed E-state index contributed by atoms with van der Waals surface area (Å²) in [6.45, 7) is 5.58. The van der Waals surface area contributed by atoms with Crippen molar-refractivity contribution >= 4 is 36.0 Å². The first-order valence-corrected chi connectivity index (χ1v) is 11.0. The number of hydrogen-bond acceptors (Lipinski definition) is 3. The van der Waals surface area contributed by atoms with E-state index in [0.29, 0.717) is 0 Å². The fourth-order valence-electron chi connectivity index (χ4n) is 3.17. The van der Waals surface area contributed by atoms with Crippen LogP contribution in [-0.2, 0) is 4.79 Å². The van der Waals surface area contributed by atoms with Gasteiger partial charge in [0.1, 0.15) is 0 Å². The second-order valence-electron chi connectivity index (χ2n) is 7.93. The minimum absolute atomic E-state index is 0. The van der Waals surface area contributed by atoms with Crippen molar-refractivity contribution in [2.75, 3.05) is 0 Å². The number of aliphatic carboxylic acids is 1. The third-order valence-electron chi connectivity index (χ3n) is 4.61. The Morgan fingerprint density at radius 2 is 1.33 bits per heavy atom. The largest absolute Gasteiger partial charge is 1.00 e. The van der Waals surface area contributed by atoms with Gasteiger partial charge in [-0.3, -0.25) is 4.99 Å². The molecule has 3 rings (SSSR count). The van der Waals surface area contributed by atoms with Crippen LogP contribution in [0.3, 0.4) is 0 Å². The SMILES string of the molecule is CC(C)(C)[C@H](N=Cc1ccccc1P(c1ccccc1)c1ccccc1)C(=O)[O-].[Cs+]. The molecule has 3 aromatic carbocycles. The van der Waals surface area contributed by atoms with Gasteiger partial charge in [-0.2, -0.15) is 0 Å². The number of carboxylic acids is 1. The van der Waals surface area contributed by atoms with Gasteiger partial charge in [0.25, 0.3) is 0 Å². The fraction of sp³-hybridized carbons (Fsp3) is 0.200. The maximum Gasteiger partial charge on any atom is 1.00 e. The van der Waals surface area contributed by atoms with Gasteiger partial charge in [0.2, 0.25) is 0 Å². The Bertz CT molecular complexity index is 945. The minimum Gasteiger partial charge on any atom is -0.548 e. The molecule has 5 heteroatoms. The monoisotopic (exact) mass is 535 g/mol. The van der Waals surface area contributed by atoms with Crippen LogP contribution in [-0.4, -0.2) is 18.2 Å². The molecule has 3 nitrogen and oxygen atoms in total. The summed E-state index contributed by atoms with van der Waals surface area (Å²) < 4.78 is 0. The molecule has 0 aliphatic rings. The molecule has 0 saturated carbocycles. The molecule has 0 radical (unpaired) electrons. The smallest absolute Gasteiger partial charge is 0.548 e. The zero-order valence-corrected chi connectivity index (χ0v) is 25.1. The number of carbonyl (C=O) groups is 1. The maximum absolute atomic E-state index is 11.6. The van der Waals surface area contributed by atoms with E-state index in [9.17, 15) is 9.90 Å². The molecule has 30 heavy (non-hydrogen) atoms. The predicted molar refractivity (Wildman–Crippen MR) is 121 cm³/mol. The van der Waals surface area contributed by atoms with Gasteiger partial charge in [0, 0.05) is 11.8 Å². The zero-order valence-electron chi connectivity index (χ0n) is 17.9. The van der Waals surface area contributed by atoms with E-state index in [-0.39, 0.29) is 68.9 Å². The number of nitrogens with zero attached hydrogens (tertiary/aromatic N) is 1. The fourth-order valence-corrected chi connectivity index (χ4v) is 5.60. The number of rotatable bonds is 6. The van der Waals surface area contributed by atoms with Gasteiger partial charge in [-0.05, 0) is 29.3 Å². The zero-order chi connectivity index (χ0) is 20.9. The van der Waals surface area contributed by atoms with Crippen molar-refractivity contribution in [2.24, 2.45) is 10.4 Å². The van der Waals surface area contributed by atoms with Crippen molar-refractivity contribution in [3.63, 3.8) is 0 Å². The molecule has 148 valence electrons. The van der Waals surface area contributed by atoms with E-state index < -0.39 is 25.3 Å². The summed E-state index contributed by atoms with van der Waals surface area (Å²) in [4.78, 5) is 16.0. The van der Waals surface area contributed by atoms with Gasteiger partial charge < -0.3 is 9.90 Å². The average molecular weight is 535 g/mol. The van der Waals surface area contributed by atoms with Gasteiger partial charge in [-0.15, -0.1) is 0 Å². The van der Waals surface area contributed by atoms with Crippen molar-refractivity contribution in [3.05, 3.63) is 90.5 Å². The molecule has 1 atom stereocenters. The molecule has 0 amide bonds. The van der Waals surface area contributed by atoms with Crippen LogP contribution >= 0.6 is 7.92 Å². The van der Waals surface area contributed by atoms with Crippen molar-refractivity contribution in [1.82, 2.24) is 0 Å². The van der Waals surface area contributed by atoms with Gasteiger partial charge in [0.05, 0.1) is 12.0 Å². The third-order valence-corrected chi connectivity index (χ3v) is 7.13. The third kappa shape index (κ3) is 6.64. The molecule has 0 heterocycles. The van der Waals surface area contributed by atoms with Crippen LogP contribution in [0.2, 0.25) is 0 Å². The average Bonchev–Trinajstić information content (AvgIpc) is 2.70. The van der Waals surface area contributed by atoms with Crippen molar-refractivity contribution in [1.29, 1.82) is 0 Å². The van der Waals surface area contributed by atoms with Gasteiger partial charge in [-0.25, -0.2) is 0 Å². The Hall–Kier alpha value is -0.718. The van der Waals surface area contributed by atoms with Crippen LogP contribution < -0.4 is 89.9 Å². The predicted octanol–water partition coefficient (Wildman–Crippen LogP) is 0.0323. The quantitative estimate of drug-likeness (QED) is 0.331. The van der Waals surface area contributed by atoms with Crippen molar-refractivity contribution in [3.8, 4) is 0 Å². The molecule has 3 aromatic rings. The number of benzene rings is 3. The number of carbonyl (C=O) groups excluding carboxylic acids is 1. The van der Waals surface area contributed by atoms with Crippen LogP contribution in [0, 0.1) is 5.41 Å². The molecule has 0 spiro atoms. The number of carboxylic acid groups (broad SMARTS) is 1. The molecule has 0 aliphatic carbocycles. The molecule has 0 N–H and O–H groups in total. The van der Waals surface area contributed by atoms with E-state index in [1.165, 1.54) is 10.6 Å². The summed E-state index contributed by atoms with van der Waals surface area (Å²) >= 11 is 0. The van der Waals surface area contributed by atoms with Crippen LogP contribution in [0.5, 0.6) is 0 Å². The molecule has 0 aliphatic heterocycles. The van der Waals surface area contributed by atoms with Crippen molar-refractivity contribution < 1.29 is 78.8 Å². The van der Waals surface area contributed by atoms with E-state index >= 15 is 0 Å². The first kappa shape index (κ1) is 25.5. The van der Waals surface area contributed by atoms with E-state index in [0.717, 1.165) is 10.9 Å². The summed E-state index contributed by atoms with van der Waals surface area (Å²) in [7, 11) is -0.795. The van der Waals surface area contributed by atoms with Crippen LogP contribution in [0.4, 0.5) is 0 Å². The van der Waals surface area contributed by atoms with Crippen LogP contribution in [0.25, 0.3) is 0 Å². The van der Waals surface area contributed by atoms with Gasteiger partial charge in [-0.1, -0.05) is 106 Å². The standard InChI is InChI=1S/C25H26NO2P.Cs/c1-25(2,3)23(24(27)28)26-18-19-12-10-11-17-22(19)29(20-13-6-4-7-14-20)21-15-8-5-9-16-21;/h4-18,23H,1-3H3,(H,27,28);/q;+1/p-1/t23-;/m1./s1. The van der Waals surface area contributed by atoms with Crippen molar-refractivity contribution in [2.45, 2.75) is 26.8 Å². The molecule has 0 fully saturated rings. The molecule has 0 unspecified atom stereocenters. The van der Waals surface area contributed by atoms with E-state index in [1.807, 2.05) is 51.1 Å². The summed E-state index contributed by atoms with van der Waals surface area (Å²) in [5, 5.41) is 15.2. The molecular weight excluding hydrogens is 510 g/mol. The van der Waals surface area contributed by atoms with Gasteiger partial charge >= 0.3 is 68.9 Å². The minimum atomic E-state index is -1.15. The van der Waals surface area contributed by atoms with E-state index in [1.54, 1.807) is 6.21 Å². The summed E-state index contributed by atoms with van der Waals surface area (Å²) in [6.07, 6.45) is 1.70. The summed E-state index contributed by atoms with van der Waals surface area (Å²) in [5.74, 6) is -1.15. The number of aliphatic imine (C=N–C) groups is 1. The molecule has 0 bridgehead atoms.